The molecule has 1 aliphatic rings. The molecule has 0 spiro atoms. The maximum Gasteiger partial charge on any atom is 0.106 e. The van der Waals surface area contributed by atoms with Crippen molar-refractivity contribution in [1.82, 2.24) is 19.8 Å². The van der Waals surface area contributed by atoms with Crippen molar-refractivity contribution < 1.29 is 0 Å². The Morgan fingerprint density at radius 1 is 1.39 bits per heavy atom. The molecule has 102 valence electrons. The van der Waals surface area contributed by atoms with E-state index >= 15 is 0 Å². The number of aromatic nitrogens is 2. The van der Waals surface area contributed by atoms with Crippen LogP contribution in [0.3, 0.4) is 0 Å². The molecule has 18 heavy (non-hydrogen) atoms. The number of fused-ring (bicyclic) bond motifs is 1. The normalized spacial score (nSPS) is 17.3. The van der Waals surface area contributed by atoms with Crippen LogP contribution in [0.5, 0.6) is 0 Å². The highest BCUT2D eigenvalue weighted by Gasteiger charge is 2.25. The van der Waals surface area contributed by atoms with Gasteiger partial charge in [-0.25, -0.2) is 4.98 Å². The van der Waals surface area contributed by atoms with Gasteiger partial charge in [0.05, 0.1) is 11.7 Å². The number of rotatable bonds is 4. The Balaban J connectivity index is 2.37. The summed E-state index contributed by atoms with van der Waals surface area (Å²) in [6.07, 6.45) is 1.10. The van der Waals surface area contributed by atoms with Gasteiger partial charge >= 0.3 is 0 Å². The van der Waals surface area contributed by atoms with Gasteiger partial charge in [0.25, 0.3) is 0 Å². The van der Waals surface area contributed by atoms with Crippen molar-refractivity contribution in [3.8, 4) is 0 Å². The summed E-state index contributed by atoms with van der Waals surface area (Å²) in [5, 5.41) is 3.40. The monoisotopic (exact) mass is 250 g/mol. The minimum atomic E-state index is 0.523. The van der Waals surface area contributed by atoms with Crippen molar-refractivity contribution in [2.75, 3.05) is 27.2 Å². The molecule has 1 aromatic rings. The number of nitrogens with zero attached hydrogens (tertiary/aromatic N) is 3. The smallest absolute Gasteiger partial charge is 0.106 e. The van der Waals surface area contributed by atoms with E-state index < -0.39 is 0 Å². The minimum absolute atomic E-state index is 0.523. The van der Waals surface area contributed by atoms with E-state index in [-0.39, 0.29) is 0 Å². The molecule has 4 nitrogen and oxygen atoms in total. The Hall–Kier alpha value is -0.870. The maximum absolute atomic E-state index is 4.74. The van der Waals surface area contributed by atoms with E-state index in [9.17, 15) is 0 Å². The molecule has 1 atom stereocenters. The Morgan fingerprint density at radius 2 is 2.11 bits per heavy atom. The van der Waals surface area contributed by atoms with E-state index in [1.165, 1.54) is 17.2 Å². The van der Waals surface area contributed by atoms with E-state index in [1.54, 1.807) is 0 Å². The highest BCUT2D eigenvalue weighted by Crippen LogP contribution is 2.26. The number of aryl methyl sites for hydroxylation is 1. The molecule has 2 rings (SSSR count). The van der Waals surface area contributed by atoms with Crippen LogP contribution in [0.2, 0.25) is 0 Å². The molecule has 0 aromatic carbocycles. The van der Waals surface area contributed by atoms with Gasteiger partial charge in [-0.2, -0.15) is 0 Å². The standard InChI is InChI=1S/C14H26N4/c1-10(2)14(9-17(4)5)18-11(3)16-12-8-15-7-6-13(12)18/h10,14-15H,6-9H2,1-5H3. The van der Waals surface area contributed by atoms with Crippen molar-refractivity contribution in [1.29, 1.82) is 0 Å². The first kappa shape index (κ1) is 13.6. The molecular weight excluding hydrogens is 224 g/mol. The lowest BCUT2D eigenvalue weighted by Gasteiger charge is -2.29. The molecule has 1 aromatic heterocycles. The average Bonchev–Trinajstić information content (AvgIpc) is 2.61. The van der Waals surface area contributed by atoms with Crippen LogP contribution in [0.25, 0.3) is 0 Å². The third-order valence-corrected chi connectivity index (χ3v) is 3.75. The predicted octanol–water partition coefficient (Wildman–Crippen LogP) is 1.60. The zero-order chi connectivity index (χ0) is 13.3. The molecule has 0 fully saturated rings. The summed E-state index contributed by atoms with van der Waals surface area (Å²) in [7, 11) is 4.30. The number of nitrogens with one attached hydrogen (secondary N) is 1. The largest absolute Gasteiger partial charge is 0.327 e. The predicted molar refractivity (Wildman–Crippen MR) is 74.8 cm³/mol. The second-order valence-corrected chi connectivity index (χ2v) is 5.92. The Kier molecular flexibility index (Phi) is 4.07. The first-order valence-electron chi connectivity index (χ1n) is 6.92. The van der Waals surface area contributed by atoms with E-state index in [0.29, 0.717) is 12.0 Å². The fourth-order valence-corrected chi connectivity index (χ4v) is 2.87. The molecule has 0 aliphatic carbocycles. The quantitative estimate of drug-likeness (QED) is 0.881. The van der Waals surface area contributed by atoms with Crippen molar-refractivity contribution in [2.45, 2.75) is 39.8 Å². The van der Waals surface area contributed by atoms with Crippen molar-refractivity contribution in [3.05, 3.63) is 17.2 Å². The summed E-state index contributed by atoms with van der Waals surface area (Å²) < 4.78 is 2.49. The summed E-state index contributed by atoms with van der Waals surface area (Å²) in [5.74, 6) is 1.79. The third kappa shape index (κ3) is 2.59. The summed E-state index contributed by atoms with van der Waals surface area (Å²) >= 11 is 0. The molecular formula is C14H26N4. The topological polar surface area (TPSA) is 33.1 Å². The van der Waals surface area contributed by atoms with Crippen LogP contribution < -0.4 is 5.32 Å². The van der Waals surface area contributed by atoms with Crippen LogP contribution in [-0.4, -0.2) is 41.6 Å². The Labute approximate surface area is 110 Å². The van der Waals surface area contributed by atoms with Crippen LogP contribution in [0, 0.1) is 12.8 Å². The lowest BCUT2D eigenvalue weighted by atomic mass is 10.0. The highest BCUT2D eigenvalue weighted by molar-refractivity contribution is 5.21. The minimum Gasteiger partial charge on any atom is -0.327 e. The zero-order valence-electron chi connectivity index (χ0n) is 12.3. The number of hydrogen-bond acceptors (Lipinski definition) is 3. The van der Waals surface area contributed by atoms with Gasteiger partial charge in [0, 0.05) is 31.7 Å². The van der Waals surface area contributed by atoms with Gasteiger partial charge in [0.2, 0.25) is 0 Å². The van der Waals surface area contributed by atoms with Crippen molar-refractivity contribution in [2.24, 2.45) is 5.92 Å². The average molecular weight is 250 g/mol. The lowest BCUT2D eigenvalue weighted by Crippen LogP contribution is -2.32. The van der Waals surface area contributed by atoms with Crippen molar-refractivity contribution >= 4 is 0 Å². The van der Waals surface area contributed by atoms with Crippen LogP contribution in [0.1, 0.15) is 37.1 Å². The molecule has 1 aliphatic heterocycles. The first-order valence-corrected chi connectivity index (χ1v) is 6.92. The van der Waals surface area contributed by atoms with Crippen LogP contribution in [-0.2, 0) is 13.0 Å². The SMILES string of the molecule is Cc1nc2c(n1C(CN(C)C)C(C)C)CCNC2. The molecule has 4 heteroatoms. The van der Waals surface area contributed by atoms with E-state index in [2.05, 4.69) is 49.7 Å². The van der Waals surface area contributed by atoms with Gasteiger partial charge in [-0.05, 0) is 26.9 Å². The summed E-state index contributed by atoms with van der Waals surface area (Å²) in [6, 6.07) is 0.523. The number of likely N-dealkylation sites (N-methyl/N-ethyl adjacent to an activating group) is 1. The van der Waals surface area contributed by atoms with Gasteiger partial charge in [0.15, 0.2) is 0 Å². The Bertz CT molecular complexity index is 406. The van der Waals surface area contributed by atoms with Gasteiger partial charge in [-0.15, -0.1) is 0 Å². The van der Waals surface area contributed by atoms with Gasteiger partial charge in [-0.3, -0.25) is 0 Å². The van der Waals surface area contributed by atoms with Crippen LogP contribution >= 0.6 is 0 Å². The molecule has 0 amide bonds. The van der Waals surface area contributed by atoms with E-state index in [0.717, 1.165) is 26.1 Å². The lowest BCUT2D eigenvalue weighted by molar-refractivity contribution is 0.261. The number of imidazole rings is 1. The fraction of sp³-hybridized carbons (Fsp3) is 0.786. The maximum atomic E-state index is 4.74. The van der Waals surface area contributed by atoms with Crippen LogP contribution in [0.4, 0.5) is 0 Å². The third-order valence-electron chi connectivity index (χ3n) is 3.75. The van der Waals surface area contributed by atoms with E-state index in [1.807, 2.05) is 0 Å². The summed E-state index contributed by atoms with van der Waals surface area (Å²) in [6.45, 7) is 9.83. The van der Waals surface area contributed by atoms with Crippen LogP contribution in [0.15, 0.2) is 0 Å². The first-order chi connectivity index (χ1) is 8.50. The molecule has 0 bridgehead atoms. The molecule has 0 saturated heterocycles. The Morgan fingerprint density at radius 3 is 2.72 bits per heavy atom. The van der Waals surface area contributed by atoms with Gasteiger partial charge < -0.3 is 14.8 Å². The molecule has 2 heterocycles. The summed E-state index contributed by atoms with van der Waals surface area (Å²) in [4.78, 5) is 7.02. The highest BCUT2D eigenvalue weighted by atomic mass is 15.2. The van der Waals surface area contributed by atoms with Gasteiger partial charge in [0.1, 0.15) is 5.82 Å². The summed E-state index contributed by atoms with van der Waals surface area (Å²) in [5.41, 5.74) is 2.70. The van der Waals surface area contributed by atoms with E-state index in [4.69, 9.17) is 4.98 Å². The van der Waals surface area contributed by atoms with Crippen molar-refractivity contribution in [3.63, 3.8) is 0 Å². The molecule has 0 saturated carbocycles. The number of hydrogen-bond donors (Lipinski definition) is 1. The molecule has 1 unspecified atom stereocenters. The second-order valence-electron chi connectivity index (χ2n) is 5.92. The van der Waals surface area contributed by atoms with Gasteiger partial charge in [-0.1, -0.05) is 13.8 Å². The molecule has 1 N–H and O–H groups in total. The second kappa shape index (κ2) is 5.41. The zero-order valence-corrected chi connectivity index (χ0v) is 12.3. The fourth-order valence-electron chi connectivity index (χ4n) is 2.87. The molecule has 0 radical (unpaired) electrons.